The summed E-state index contributed by atoms with van der Waals surface area (Å²) in [5.41, 5.74) is 2.53. The van der Waals surface area contributed by atoms with Crippen LogP contribution in [-0.2, 0) is 11.3 Å². The Hall–Kier alpha value is -0.580. The molecule has 1 fully saturated rings. The SMILES string of the molecule is CCNCc1ccc(N(C)CCOCC2CC2)cc1Br. The number of likely N-dealkylation sites (N-methyl/N-ethyl adjacent to an activating group) is 1. The zero-order valence-corrected chi connectivity index (χ0v) is 14.1. The Balaban J connectivity index is 1.78. The first-order chi connectivity index (χ1) is 9.70. The van der Waals surface area contributed by atoms with Crippen LogP contribution in [0.25, 0.3) is 0 Å². The van der Waals surface area contributed by atoms with E-state index in [2.05, 4.69) is 58.3 Å². The number of benzene rings is 1. The Morgan fingerprint density at radius 2 is 2.20 bits per heavy atom. The van der Waals surface area contributed by atoms with E-state index in [9.17, 15) is 0 Å². The summed E-state index contributed by atoms with van der Waals surface area (Å²) in [6, 6.07) is 6.55. The first-order valence-corrected chi connectivity index (χ1v) is 8.28. The van der Waals surface area contributed by atoms with Gasteiger partial charge in [0.25, 0.3) is 0 Å². The minimum atomic E-state index is 0.809. The van der Waals surface area contributed by atoms with E-state index >= 15 is 0 Å². The van der Waals surface area contributed by atoms with Crippen LogP contribution in [0.15, 0.2) is 22.7 Å². The van der Waals surface area contributed by atoms with Crippen LogP contribution in [0.3, 0.4) is 0 Å². The summed E-state index contributed by atoms with van der Waals surface area (Å²) in [6.07, 6.45) is 2.71. The fraction of sp³-hybridized carbons (Fsp3) is 0.625. The van der Waals surface area contributed by atoms with Gasteiger partial charge in [-0.2, -0.15) is 0 Å². The van der Waals surface area contributed by atoms with Gasteiger partial charge in [-0.25, -0.2) is 0 Å². The zero-order valence-electron chi connectivity index (χ0n) is 12.5. The van der Waals surface area contributed by atoms with Crippen LogP contribution in [0.5, 0.6) is 0 Å². The van der Waals surface area contributed by atoms with Crippen LogP contribution < -0.4 is 10.2 Å². The highest BCUT2D eigenvalue weighted by molar-refractivity contribution is 9.10. The van der Waals surface area contributed by atoms with E-state index in [1.807, 2.05) is 0 Å². The number of hydrogen-bond donors (Lipinski definition) is 1. The average molecular weight is 341 g/mol. The van der Waals surface area contributed by atoms with Gasteiger partial charge in [0.05, 0.1) is 6.61 Å². The molecule has 1 aliphatic rings. The summed E-state index contributed by atoms with van der Waals surface area (Å²) in [5, 5.41) is 3.35. The predicted molar refractivity (Wildman–Crippen MR) is 88.3 cm³/mol. The standard InChI is InChI=1S/C16H25BrN2O/c1-3-18-11-14-6-7-15(10-16(14)17)19(2)8-9-20-12-13-4-5-13/h6-7,10,13,18H,3-5,8-9,11-12H2,1-2H3. The molecule has 0 unspecified atom stereocenters. The van der Waals surface area contributed by atoms with E-state index < -0.39 is 0 Å². The number of anilines is 1. The van der Waals surface area contributed by atoms with Crippen molar-refractivity contribution in [2.24, 2.45) is 5.92 Å². The molecular formula is C16H25BrN2O. The Morgan fingerprint density at radius 3 is 2.85 bits per heavy atom. The van der Waals surface area contributed by atoms with Crippen LogP contribution in [0, 0.1) is 5.92 Å². The molecule has 0 aromatic heterocycles. The van der Waals surface area contributed by atoms with Gasteiger partial charge in [-0.15, -0.1) is 0 Å². The van der Waals surface area contributed by atoms with E-state index in [1.54, 1.807) is 0 Å². The molecule has 1 N–H and O–H groups in total. The summed E-state index contributed by atoms with van der Waals surface area (Å²) in [6.45, 7) is 6.71. The monoisotopic (exact) mass is 340 g/mol. The van der Waals surface area contributed by atoms with E-state index in [0.717, 1.165) is 38.8 Å². The number of hydrogen-bond acceptors (Lipinski definition) is 3. The van der Waals surface area contributed by atoms with E-state index in [-0.39, 0.29) is 0 Å². The van der Waals surface area contributed by atoms with Crippen molar-refractivity contribution in [2.45, 2.75) is 26.3 Å². The number of nitrogens with zero attached hydrogens (tertiary/aromatic N) is 1. The Kier molecular flexibility index (Phi) is 6.33. The maximum atomic E-state index is 5.69. The van der Waals surface area contributed by atoms with Gasteiger partial charge in [0, 0.05) is 36.9 Å². The van der Waals surface area contributed by atoms with Gasteiger partial charge in [0.2, 0.25) is 0 Å². The largest absolute Gasteiger partial charge is 0.379 e. The van der Waals surface area contributed by atoms with Gasteiger partial charge in [0.1, 0.15) is 0 Å². The topological polar surface area (TPSA) is 24.5 Å². The normalized spacial score (nSPS) is 14.6. The molecule has 0 atom stereocenters. The minimum Gasteiger partial charge on any atom is -0.379 e. The van der Waals surface area contributed by atoms with Crippen molar-refractivity contribution >= 4 is 21.6 Å². The van der Waals surface area contributed by atoms with Crippen molar-refractivity contribution in [3.05, 3.63) is 28.2 Å². The molecular weight excluding hydrogens is 316 g/mol. The Morgan fingerprint density at radius 1 is 1.40 bits per heavy atom. The van der Waals surface area contributed by atoms with Crippen LogP contribution in [0.2, 0.25) is 0 Å². The number of nitrogens with one attached hydrogen (secondary N) is 1. The molecule has 4 heteroatoms. The second-order valence-corrected chi connectivity index (χ2v) is 6.35. The molecule has 1 aromatic carbocycles. The second-order valence-electron chi connectivity index (χ2n) is 5.50. The first-order valence-electron chi connectivity index (χ1n) is 7.48. The molecule has 20 heavy (non-hydrogen) atoms. The highest BCUT2D eigenvalue weighted by Gasteiger charge is 2.20. The van der Waals surface area contributed by atoms with Crippen molar-refractivity contribution in [2.75, 3.05) is 38.3 Å². The lowest BCUT2D eigenvalue weighted by Crippen LogP contribution is -2.23. The summed E-state index contributed by atoms with van der Waals surface area (Å²) in [4.78, 5) is 2.24. The fourth-order valence-corrected chi connectivity index (χ4v) is 2.55. The smallest absolute Gasteiger partial charge is 0.0641 e. The fourth-order valence-electron chi connectivity index (χ4n) is 2.04. The summed E-state index contributed by atoms with van der Waals surface area (Å²) in [5.74, 6) is 0.847. The highest BCUT2D eigenvalue weighted by Crippen LogP contribution is 2.28. The third kappa shape index (κ3) is 5.08. The molecule has 0 saturated heterocycles. The molecule has 112 valence electrons. The molecule has 2 rings (SSSR count). The summed E-state index contributed by atoms with van der Waals surface area (Å²) in [7, 11) is 2.12. The number of halogens is 1. The average Bonchev–Trinajstić information content (AvgIpc) is 3.26. The lowest BCUT2D eigenvalue weighted by molar-refractivity contribution is 0.131. The maximum Gasteiger partial charge on any atom is 0.0641 e. The zero-order chi connectivity index (χ0) is 14.4. The third-order valence-electron chi connectivity index (χ3n) is 3.66. The van der Waals surface area contributed by atoms with Gasteiger partial charge in [-0.3, -0.25) is 0 Å². The lowest BCUT2D eigenvalue weighted by atomic mass is 10.2. The first kappa shape index (κ1) is 15.8. The van der Waals surface area contributed by atoms with Crippen LogP contribution in [-0.4, -0.2) is 33.4 Å². The second kappa shape index (κ2) is 8.01. The van der Waals surface area contributed by atoms with Crippen molar-refractivity contribution in [3.8, 4) is 0 Å². The van der Waals surface area contributed by atoms with Crippen LogP contribution in [0.1, 0.15) is 25.3 Å². The molecule has 1 aromatic rings. The molecule has 1 aliphatic carbocycles. The minimum absolute atomic E-state index is 0.809. The van der Waals surface area contributed by atoms with Crippen molar-refractivity contribution < 1.29 is 4.74 Å². The number of rotatable bonds is 9. The third-order valence-corrected chi connectivity index (χ3v) is 4.40. The van der Waals surface area contributed by atoms with Gasteiger partial charge in [0.15, 0.2) is 0 Å². The van der Waals surface area contributed by atoms with Crippen LogP contribution >= 0.6 is 15.9 Å². The predicted octanol–water partition coefficient (Wildman–Crippen LogP) is 3.42. The maximum absolute atomic E-state index is 5.69. The van der Waals surface area contributed by atoms with Gasteiger partial charge in [-0.1, -0.05) is 28.9 Å². The van der Waals surface area contributed by atoms with Crippen molar-refractivity contribution in [1.29, 1.82) is 0 Å². The quantitative estimate of drug-likeness (QED) is 0.697. The highest BCUT2D eigenvalue weighted by atomic mass is 79.9. The lowest BCUT2D eigenvalue weighted by Gasteiger charge is -2.20. The van der Waals surface area contributed by atoms with E-state index in [1.165, 1.54) is 28.6 Å². The van der Waals surface area contributed by atoms with Crippen molar-refractivity contribution in [3.63, 3.8) is 0 Å². The summed E-state index contributed by atoms with van der Waals surface area (Å²) < 4.78 is 6.86. The molecule has 0 aliphatic heterocycles. The van der Waals surface area contributed by atoms with Gasteiger partial charge < -0.3 is 15.0 Å². The van der Waals surface area contributed by atoms with E-state index in [0.29, 0.717) is 0 Å². The van der Waals surface area contributed by atoms with E-state index in [4.69, 9.17) is 4.74 Å². The number of ether oxygens (including phenoxy) is 1. The molecule has 1 saturated carbocycles. The van der Waals surface area contributed by atoms with Gasteiger partial charge >= 0.3 is 0 Å². The molecule has 0 heterocycles. The molecule has 0 spiro atoms. The van der Waals surface area contributed by atoms with Crippen LogP contribution in [0.4, 0.5) is 5.69 Å². The van der Waals surface area contributed by atoms with Crippen molar-refractivity contribution in [1.82, 2.24) is 5.32 Å². The Labute approximate surface area is 130 Å². The van der Waals surface area contributed by atoms with Gasteiger partial charge in [-0.05, 0) is 43.0 Å². The molecule has 0 bridgehead atoms. The Bertz CT molecular complexity index is 421. The molecule has 0 radical (unpaired) electrons. The summed E-state index contributed by atoms with van der Waals surface area (Å²) >= 11 is 3.66. The molecule has 3 nitrogen and oxygen atoms in total. The molecule has 0 amide bonds.